The molecule has 29 heavy (non-hydrogen) atoms. The maximum Gasteiger partial charge on any atom is 0.271 e. The molecule has 6 nitrogen and oxygen atoms in total. The third-order valence-corrected chi connectivity index (χ3v) is 4.01. The van der Waals surface area contributed by atoms with E-state index in [-0.39, 0.29) is 11.7 Å². The van der Waals surface area contributed by atoms with Crippen molar-refractivity contribution >= 4 is 12.1 Å². The zero-order valence-corrected chi connectivity index (χ0v) is 16.0. The Bertz CT molecular complexity index is 970. The highest BCUT2D eigenvalue weighted by atomic mass is 16.5. The Hall–Kier alpha value is -3.80. The van der Waals surface area contributed by atoms with Crippen molar-refractivity contribution in [3.05, 3.63) is 89.5 Å². The number of hydrogen-bond donors (Lipinski definition) is 2. The fourth-order valence-corrected chi connectivity index (χ4v) is 2.57. The Kier molecular flexibility index (Phi) is 6.84. The summed E-state index contributed by atoms with van der Waals surface area (Å²) in [5.41, 5.74) is 4.68. The molecule has 6 heteroatoms. The topological polar surface area (TPSA) is 80.2 Å². The lowest BCUT2D eigenvalue weighted by Gasteiger charge is -2.12. The summed E-state index contributed by atoms with van der Waals surface area (Å²) in [4.78, 5) is 12.0. The van der Waals surface area contributed by atoms with E-state index in [0.29, 0.717) is 30.3 Å². The molecule has 3 aromatic rings. The van der Waals surface area contributed by atoms with Crippen molar-refractivity contribution in [1.82, 2.24) is 5.43 Å². The van der Waals surface area contributed by atoms with Crippen molar-refractivity contribution in [2.45, 2.75) is 13.5 Å². The Morgan fingerprint density at radius 1 is 1.00 bits per heavy atom. The van der Waals surface area contributed by atoms with Crippen LogP contribution in [0.2, 0.25) is 0 Å². The molecule has 0 aliphatic heterocycles. The number of nitrogens with one attached hydrogen (secondary N) is 1. The molecule has 0 unspecified atom stereocenters. The van der Waals surface area contributed by atoms with Gasteiger partial charge in [0.25, 0.3) is 5.91 Å². The molecule has 0 heterocycles. The van der Waals surface area contributed by atoms with Crippen LogP contribution in [-0.2, 0) is 6.61 Å². The summed E-state index contributed by atoms with van der Waals surface area (Å²) in [5, 5.41) is 13.3. The number of rotatable bonds is 8. The van der Waals surface area contributed by atoms with Crippen LogP contribution in [0.1, 0.15) is 28.4 Å². The second kappa shape index (κ2) is 9.94. The fraction of sp³-hybridized carbons (Fsp3) is 0.130. The first kappa shape index (κ1) is 19.9. The highest BCUT2D eigenvalue weighted by Crippen LogP contribution is 2.28. The molecule has 0 fully saturated rings. The van der Waals surface area contributed by atoms with E-state index in [1.54, 1.807) is 6.07 Å². The third kappa shape index (κ3) is 5.84. The van der Waals surface area contributed by atoms with Gasteiger partial charge in [-0.25, -0.2) is 5.43 Å². The summed E-state index contributed by atoms with van der Waals surface area (Å²) in [5.74, 6) is 0.982. The van der Waals surface area contributed by atoms with Crippen molar-refractivity contribution in [2.75, 3.05) is 6.61 Å². The summed E-state index contributed by atoms with van der Waals surface area (Å²) in [6.45, 7) is 2.84. The first-order chi connectivity index (χ1) is 14.2. The van der Waals surface area contributed by atoms with Gasteiger partial charge < -0.3 is 14.6 Å². The maximum absolute atomic E-state index is 12.0. The van der Waals surface area contributed by atoms with Crippen molar-refractivity contribution < 1.29 is 19.4 Å². The molecule has 0 aliphatic rings. The Morgan fingerprint density at radius 3 is 2.48 bits per heavy atom. The highest BCUT2D eigenvalue weighted by Gasteiger charge is 2.07. The minimum absolute atomic E-state index is 0.100. The van der Waals surface area contributed by atoms with Crippen molar-refractivity contribution in [3.63, 3.8) is 0 Å². The van der Waals surface area contributed by atoms with Crippen LogP contribution in [0.5, 0.6) is 17.2 Å². The standard InChI is InChI=1S/C23H22N2O4/c1-2-28-22-14-18(8-13-21(22)29-16-17-6-4-3-5-7-17)15-24-25-23(27)19-9-11-20(26)12-10-19/h3-15,26H,2,16H2,1H3,(H,25,27)/b24-15+. The Morgan fingerprint density at radius 2 is 1.76 bits per heavy atom. The predicted octanol–water partition coefficient (Wildman–Crippen LogP) is 4.13. The van der Waals surface area contributed by atoms with Crippen LogP contribution in [0.3, 0.4) is 0 Å². The number of benzene rings is 3. The van der Waals surface area contributed by atoms with E-state index >= 15 is 0 Å². The lowest BCUT2D eigenvalue weighted by Crippen LogP contribution is -2.17. The van der Waals surface area contributed by atoms with Gasteiger partial charge >= 0.3 is 0 Å². The van der Waals surface area contributed by atoms with E-state index < -0.39 is 0 Å². The third-order valence-electron chi connectivity index (χ3n) is 4.01. The van der Waals surface area contributed by atoms with E-state index in [9.17, 15) is 9.90 Å². The highest BCUT2D eigenvalue weighted by molar-refractivity contribution is 5.95. The molecule has 0 radical (unpaired) electrons. The molecule has 0 aliphatic carbocycles. The molecule has 0 saturated carbocycles. The molecular weight excluding hydrogens is 368 g/mol. The minimum atomic E-state index is -0.367. The second-order valence-corrected chi connectivity index (χ2v) is 6.16. The quantitative estimate of drug-likeness (QED) is 0.448. The van der Waals surface area contributed by atoms with Gasteiger partial charge in [0.1, 0.15) is 12.4 Å². The van der Waals surface area contributed by atoms with Crippen LogP contribution in [0, 0.1) is 0 Å². The number of hydrogen-bond acceptors (Lipinski definition) is 5. The zero-order valence-electron chi connectivity index (χ0n) is 16.0. The lowest BCUT2D eigenvalue weighted by molar-refractivity contribution is 0.0955. The molecule has 148 valence electrons. The number of aromatic hydroxyl groups is 1. The van der Waals surface area contributed by atoms with Crippen LogP contribution < -0.4 is 14.9 Å². The van der Waals surface area contributed by atoms with Gasteiger partial charge in [-0.2, -0.15) is 5.10 Å². The minimum Gasteiger partial charge on any atom is -0.508 e. The van der Waals surface area contributed by atoms with Crippen LogP contribution in [-0.4, -0.2) is 23.8 Å². The monoisotopic (exact) mass is 390 g/mol. The fourth-order valence-electron chi connectivity index (χ4n) is 2.57. The number of nitrogens with zero attached hydrogens (tertiary/aromatic N) is 1. The zero-order chi connectivity index (χ0) is 20.5. The van der Waals surface area contributed by atoms with Gasteiger partial charge in [0.2, 0.25) is 0 Å². The summed E-state index contributed by atoms with van der Waals surface area (Å²) >= 11 is 0. The van der Waals surface area contributed by atoms with Gasteiger partial charge in [0.15, 0.2) is 11.5 Å². The SMILES string of the molecule is CCOc1cc(/C=N/NC(=O)c2ccc(O)cc2)ccc1OCc1ccccc1. The maximum atomic E-state index is 12.0. The van der Waals surface area contributed by atoms with Crippen molar-refractivity contribution in [1.29, 1.82) is 0 Å². The van der Waals surface area contributed by atoms with E-state index in [1.807, 2.05) is 49.4 Å². The first-order valence-corrected chi connectivity index (χ1v) is 9.21. The number of carbonyl (C=O) groups excluding carboxylic acids is 1. The molecule has 0 aromatic heterocycles. The number of phenols is 1. The van der Waals surface area contributed by atoms with Gasteiger partial charge in [-0.15, -0.1) is 0 Å². The molecule has 0 atom stereocenters. The predicted molar refractivity (Wildman–Crippen MR) is 112 cm³/mol. The lowest BCUT2D eigenvalue weighted by atomic mass is 10.2. The number of phenolic OH excluding ortho intramolecular Hbond substituents is 1. The van der Waals surface area contributed by atoms with Crippen LogP contribution in [0.15, 0.2) is 77.9 Å². The molecule has 2 N–H and O–H groups in total. The van der Waals surface area contributed by atoms with Gasteiger partial charge in [0.05, 0.1) is 12.8 Å². The first-order valence-electron chi connectivity index (χ1n) is 9.21. The Labute approximate surface area is 169 Å². The summed E-state index contributed by atoms with van der Waals surface area (Å²) in [7, 11) is 0. The molecule has 0 bridgehead atoms. The number of carbonyl (C=O) groups is 1. The van der Waals surface area contributed by atoms with Crippen molar-refractivity contribution in [3.8, 4) is 17.2 Å². The number of hydrazone groups is 1. The van der Waals surface area contributed by atoms with E-state index in [2.05, 4.69) is 10.5 Å². The van der Waals surface area contributed by atoms with Crippen LogP contribution >= 0.6 is 0 Å². The van der Waals surface area contributed by atoms with Gasteiger partial charge in [-0.3, -0.25) is 4.79 Å². The summed E-state index contributed by atoms with van der Waals surface area (Å²) in [6, 6.07) is 21.3. The molecule has 3 rings (SSSR count). The number of ether oxygens (including phenoxy) is 2. The molecule has 1 amide bonds. The van der Waals surface area contributed by atoms with Crippen molar-refractivity contribution in [2.24, 2.45) is 5.10 Å². The van der Waals surface area contributed by atoms with E-state index in [4.69, 9.17) is 9.47 Å². The van der Waals surface area contributed by atoms with Gasteiger partial charge in [-0.05, 0) is 60.5 Å². The average molecular weight is 390 g/mol. The normalized spacial score (nSPS) is 10.7. The largest absolute Gasteiger partial charge is 0.508 e. The van der Waals surface area contributed by atoms with Gasteiger partial charge in [-0.1, -0.05) is 30.3 Å². The number of amides is 1. The van der Waals surface area contributed by atoms with Crippen LogP contribution in [0.25, 0.3) is 0 Å². The molecular formula is C23H22N2O4. The van der Waals surface area contributed by atoms with E-state index in [1.165, 1.54) is 30.5 Å². The van der Waals surface area contributed by atoms with E-state index in [0.717, 1.165) is 11.1 Å². The van der Waals surface area contributed by atoms with Crippen LogP contribution in [0.4, 0.5) is 0 Å². The second-order valence-electron chi connectivity index (χ2n) is 6.16. The molecule has 0 spiro atoms. The summed E-state index contributed by atoms with van der Waals surface area (Å²) < 4.78 is 11.6. The average Bonchev–Trinajstić information content (AvgIpc) is 2.74. The molecule has 3 aromatic carbocycles. The van der Waals surface area contributed by atoms with Gasteiger partial charge in [0, 0.05) is 5.56 Å². The smallest absolute Gasteiger partial charge is 0.271 e. The Balaban J connectivity index is 1.64. The summed E-state index contributed by atoms with van der Waals surface area (Å²) in [6.07, 6.45) is 1.53. The molecule has 0 saturated heterocycles.